The Bertz CT molecular complexity index is 1350. The topological polar surface area (TPSA) is 24.7 Å². The molecule has 0 amide bonds. The Kier molecular flexibility index (Phi) is 36.5. The van der Waals surface area contributed by atoms with Gasteiger partial charge in [0.2, 0.25) is 0 Å². The molecule has 0 saturated carbocycles. The molecule has 330 valence electrons. The Morgan fingerprint density at radius 3 is 1.38 bits per heavy atom. The molecule has 0 heterocycles. The zero-order valence-corrected chi connectivity index (χ0v) is 40.3. The molecular weight excluding hydrogens is 795 g/mol. The molecule has 0 unspecified atom stereocenters. The second-order valence-corrected chi connectivity index (χ2v) is 17.1. The van der Waals surface area contributed by atoms with Crippen LogP contribution in [0.15, 0.2) is 52.4 Å². The van der Waals surface area contributed by atoms with Crippen molar-refractivity contribution < 1.29 is 20.4 Å². The average molecular weight is 886 g/mol. The summed E-state index contributed by atoms with van der Waals surface area (Å²) in [6, 6.07) is 16.1. The predicted molar refractivity (Wildman–Crippen MR) is 257 cm³/mol. The zero-order chi connectivity index (χ0) is 40.9. The first-order chi connectivity index (χ1) is 28.1. The first-order valence-corrected chi connectivity index (χ1v) is 25.0. The Morgan fingerprint density at radius 1 is 0.414 bits per heavy atom. The summed E-state index contributed by atoms with van der Waals surface area (Å²) < 4.78 is 0. The second kappa shape index (κ2) is 39.2. The van der Waals surface area contributed by atoms with Crippen LogP contribution in [-0.2, 0) is 39.7 Å². The van der Waals surface area contributed by atoms with Gasteiger partial charge >= 0.3 is 0 Å². The van der Waals surface area contributed by atoms with E-state index in [-0.39, 0.29) is 20.4 Å². The van der Waals surface area contributed by atoms with E-state index in [0.29, 0.717) is 0 Å². The Hall–Kier alpha value is -2.00. The summed E-state index contributed by atoms with van der Waals surface area (Å²) in [4.78, 5) is 11.1. The number of nitrogens with zero attached hydrogens (tertiary/aromatic N) is 2. The molecule has 0 atom stereocenters. The van der Waals surface area contributed by atoms with E-state index in [2.05, 4.69) is 88.9 Å². The van der Waals surface area contributed by atoms with Crippen molar-refractivity contribution in [3.8, 4) is 11.8 Å². The Morgan fingerprint density at radius 2 is 0.828 bits per heavy atom. The average Bonchev–Trinajstić information content (AvgIpc) is 3.22. The maximum atomic E-state index is 5.55. The van der Waals surface area contributed by atoms with E-state index in [9.17, 15) is 0 Å². The molecule has 2 nitrogen and oxygen atoms in total. The summed E-state index contributed by atoms with van der Waals surface area (Å²) in [5.74, 6) is 7.03. The number of rotatable bonds is 36. The van der Waals surface area contributed by atoms with Crippen LogP contribution >= 0.6 is 0 Å². The number of para-hydroxylation sites is 1. The van der Waals surface area contributed by atoms with Gasteiger partial charge in [-0.2, -0.15) is 0 Å². The van der Waals surface area contributed by atoms with E-state index in [1.54, 1.807) is 0 Å². The molecule has 0 aliphatic heterocycles. The van der Waals surface area contributed by atoms with Crippen molar-refractivity contribution in [1.82, 2.24) is 0 Å². The summed E-state index contributed by atoms with van der Waals surface area (Å²) in [7, 11) is 0. The summed E-state index contributed by atoms with van der Waals surface area (Å²) in [5, 5.41) is 0. The van der Waals surface area contributed by atoms with E-state index >= 15 is 0 Å². The Labute approximate surface area is 375 Å². The molecule has 0 N–H and O–H groups in total. The number of benzene rings is 2. The number of aryl methyl sites for hydroxylation is 3. The molecule has 2 aromatic rings. The van der Waals surface area contributed by atoms with Crippen LogP contribution in [0.1, 0.15) is 250 Å². The van der Waals surface area contributed by atoms with E-state index in [1.807, 2.05) is 0 Å². The normalized spacial score (nSPS) is 11.7. The molecule has 0 bridgehead atoms. The molecule has 2 aromatic carbocycles. The third-order valence-corrected chi connectivity index (χ3v) is 11.6. The number of aliphatic imine (C=N–C) groups is 2. The van der Waals surface area contributed by atoms with Crippen LogP contribution in [0.4, 0.5) is 11.4 Å². The minimum Gasteiger partial charge on any atom is -0.252 e. The third-order valence-electron chi connectivity index (χ3n) is 11.6. The fourth-order valence-electron chi connectivity index (χ4n) is 7.96. The minimum atomic E-state index is 0. The van der Waals surface area contributed by atoms with Crippen LogP contribution in [0, 0.1) is 11.8 Å². The monoisotopic (exact) mass is 885 g/mol. The second-order valence-electron chi connectivity index (χ2n) is 17.1. The van der Waals surface area contributed by atoms with Gasteiger partial charge in [-0.3, -0.25) is 9.98 Å². The maximum Gasteiger partial charge on any atom is 0.0666 e. The molecule has 0 aromatic heterocycles. The molecule has 0 saturated heterocycles. The molecule has 0 aliphatic rings. The SMILES string of the molecule is CCCCCCCCCCCCCCCCC#CCCc1ccccc1N=C(CCCCCC)C(CCCCC)=Nc1cc(CCCCC)cc(CCCCC)c1.[Pd]. The number of hydrogen-bond donors (Lipinski definition) is 0. The van der Waals surface area contributed by atoms with Crippen molar-refractivity contribution in [2.75, 3.05) is 0 Å². The van der Waals surface area contributed by atoms with Gasteiger partial charge in [-0.25, -0.2) is 0 Å². The van der Waals surface area contributed by atoms with Crippen molar-refractivity contribution in [1.29, 1.82) is 0 Å². The Balaban J connectivity index is 0.0000168. The van der Waals surface area contributed by atoms with E-state index in [4.69, 9.17) is 9.98 Å². The van der Waals surface area contributed by atoms with Gasteiger partial charge in [-0.1, -0.05) is 200 Å². The smallest absolute Gasteiger partial charge is 0.0666 e. The van der Waals surface area contributed by atoms with Crippen LogP contribution < -0.4 is 0 Å². The molecule has 0 aliphatic carbocycles. The standard InChI is InChI=1S/C55H90N2.Pd/c1-6-11-16-18-19-20-21-22-23-24-25-26-27-28-29-30-31-35-41-51-42-37-38-43-53(51)57-55(45-36-17-12-7-2)54(44-34-15-10-5)56-52-47-49(39-32-13-8-3)46-50(48-52)40-33-14-9-4;/h37-38,42-43,46-48H,6-29,32-36,39-41,44-45H2,1-5H3;. The molecular formula is C55H90N2Pd. The van der Waals surface area contributed by atoms with Gasteiger partial charge in [-0.15, -0.1) is 11.8 Å². The molecule has 3 heteroatoms. The van der Waals surface area contributed by atoms with Crippen molar-refractivity contribution in [3.63, 3.8) is 0 Å². The predicted octanol–water partition coefficient (Wildman–Crippen LogP) is 18.4. The van der Waals surface area contributed by atoms with Crippen molar-refractivity contribution in [2.45, 2.75) is 253 Å². The third kappa shape index (κ3) is 27.7. The van der Waals surface area contributed by atoms with E-state index in [1.165, 1.54) is 201 Å². The molecule has 0 spiro atoms. The summed E-state index contributed by atoms with van der Waals surface area (Å²) in [6.07, 6.45) is 43.0. The van der Waals surface area contributed by atoms with Gasteiger partial charge in [-0.05, 0) is 99.1 Å². The molecule has 0 fully saturated rings. The van der Waals surface area contributed by atoms with E-state index < -0.39 is 0 Å². The fraction of sp³-hybridized carbons (Fsp3) is 0.709. The van der Waals surface area contributed by atoms with Crippen molar-refractivity contribution >= 4 is 22.8 Å². The van der Waals surface area contributed by atoms with Gasteiger partial charge in [0.25, 0.3) is 0 Å². The summed E-state index contributed by atoms with van der Waals surface area (Å²) in [5.41, 5.74) is 8.93. The van der Waals surface area contributed by atoms with Crippen LogP contribution in [0.5, 0.6) is 0 Å². The number of unbranched alkanes of at least 4 members (excludes halogenated alkanes) is 23. The molecule has 58 heavy (non-hydrogen) atoms. The van der Waals surface area contributed by atoms with E-state index in [0.717, 1.165) is 56.3 Å². The molecule has 0 radical (unpaired) electrons. The van der Waals surface area contributed by atoms with Gasteiger partial charge in [0.05, 0.1) is 22.8 Å². The van der Waals surface area contributed by atoms with Gasteiger partial charge < -0.3 is 0 Å². The first-order valence-electron chi connectivity index (χ1n) is 25.0. The number of hydrogen-bond acceptors (Lipinski definition) is 2. The van der Waals surface area contributed by atoms with Crippen LogP contribution in [0.2, 0.25) is 0 Å². The van der Waals surface area contributed by atoms with Crippen LogP contribution in [0.25, 0.3) is 0 Å². The van der Waals surface area contributed by atoms with Crippen molar-refractivity contribution in [2.24, 2.45) is 9.98 Å². The van der Waals surface area contributed by atoms with Gasteiger partial charge in [0.1, 0.15) is 0 Å². The van der Waals surface area contributed by atoms with Gasteiger partial charge in [0, 0.05) is 33.3 Å². The van der Waals surface area contributed by atoms with Crippen LogP contribution in [-0.4, -0.2) is 11.4 Å². The van der Waals surface area contributed by atoms with Crippen LogP contribution in [0.3, 0.4) is 0 Å². The fourth-order valence-corrected chi connectivity index (χ4v) is 7.96. The maximum absolute atomic E-state index is 5.55. The van der Waals surface area contributed by atoms with Gasteiger partial charge in [0.15, 0.2) is 0 Å². The summed E-state index contributed by atoms with van der Waals surface area (Å²) in [6.45, 7) is 11.5. The van der Waals surface area contributed by atoms with Crippen molar-refractivity contribution in [3.05, 3.63) is 59.2 Å². The summed E-state index contributed by atoms with van der Waals surface area (Å²) >= 11 is 0. The molecule has 2 rings (SSSR count). The zero-order valence-electron chi connectivity index (χ0n) is 38.8. The minimum absolute atomic E-state index is 0. The largest absolute Gasteiger partial charge is 0.252 e. The first kappa shape index (κ1) is 54.0. The quantitative estimate of drug-likeness (QED) is 0.0282.